The van der Waals surface area contributed by atoms with Crippen LogP contribution in [0.4, 0.5) is 5.69 Å². The topological polar surface area (TPSA) is 98.2 Å². The van der Waals surface area contributed by atoms with Gasteiger partial charge in [-0.2, -0.15) is 0 Å². The standard InChI is InChI=1S/C11H9N3O3/c1-2-9(15)13-6-3-4-8-7(5-6)14-11(17-8)10(12)16/h2-5H,1H2,(H2,12,16)(H,13,15). The molecule has 6 heteroatoms. The Kier molecular flexibility index (Phi) is 2.61. The molecule has 0 fully saturated rings. The highest BCUT2D eigenvalue weighted by Crippen LogP contribution is 2.19. The molecular formula is C11H9N3O3. The molecule has 1 aromatic heterocycles. The zero-order valence-corrected chi connectivity index (χ0v) is 8.77. The number of rotatable bonds is 3. The zero-order chi connectivity index (χ0) is 12.4. The molecule has 1 aromatic carbocycles. The van der Waals surface area contributed by atoms with Crippen molar-refractivity contribution in [3.05, 3.63) is 36.7 Å². The summed E-state index contributed by atoms with van der Waals surface area (Å²) in [6.45, 7) is 3.34. The summed E-state index contributed by atoms with van der Waals surface area (Å²) in [5.41, 5.74) is 6.45. The fraction of sp³-hybridized carbons (Fsp3) is 0. The Balaban J connectivity index is 2.39. The second kappa shape index (κ2) is 4.09. The van der Waals surface area contributed by atoms with Gasteiger partial charge in [-0.25, -0.2) is 4.98 Å². The number of anilines is 1. The van der Waals surface area contributed by atoms with Gasteiger partial charge in [0.1, 0.15) is 5.52 Å². The van der Waals surface area contributed by atoms with E-state index < -0.39 is 5.91 Å². The SMILES string of the molecule is C=CC(=O)Nc1ccc2oc(C(N)=O)nc2c1. The van der Waals surface area contributed by atoms with Crippen molar-refractivity contribution in [2.75, 3.05) is 5.32 Å². The molecule has 1 heterocycles. The van der Waals surface area contributed by atoms with E-state index in [-0.39, 0.29) is 11.8 Å². The number of hydrogen-bond donors (Lipinski definition) is 2. The lowest BCUT2D eigenvalue weighted by atomic mass is 10.3. The molecule has 0 saturated carbocycles. The Morgan fingerprint density at radius 1 is 1.47 bits per heavy atom. The summed E-state index contributed by atoms with van der Waals surface area (Å²) in [4.78, 5) is 25.8. The molecule has 0 atom stereocenters. The predicted molar refractivity (Wildman–Crippen MR) is 61.4 cm³/mol. The van der Waals surface area contributed by atoms with Crippen molar-refractivity contribution in [2.45, 2.75) is 0 Å². The number of carbonyl (C=O) groups excluding carboxylic acids is 2. The largest absolute Gasteiger partial charge is 0.432 e. The first kappa shape index (κ1) is 10.9. The third-order valence-electron chi connectivity index (χ3n) is 2.05. The van der Waals surface area contributed by atoms with E-state index in [0.29, 0.717) is 16.8 Å². The van der Waals surface area contributed by atoms with E-state index in [1.165, 1.54) is 0 Å². The number of amides is 2. The third kappa shape index (κ3) is 2.15. The van der Waals surface area contributed by atoms with Crippen LogP contribution in [0.5, 0.6) is 0 Å². The number of oxazole rings is 1. The number of hydrogen-bond acceptors (Lipinski definition) is 4. The maximum atomic E-state index is 11.1. The second-order valence-electron chi connectivity index (χ2n) is 3.26. The van der Waals surface area contributed by atoms with Gasteiger partial charge in [0.2, 0.25) is 5.91 Å². The van der Waals surface area contributed by atoms with E-state index in [0.717, 1.165) is 6.08 Å². The number of carbonyl (C=O) groups is 2. The van der Waals surface area contributed by atoms with Crippen molar-refractivity contribution in [1.29, 1.82) is 0 Å². The molecule has 3 N–H and O–H groups in total. The molecule has 17 heavy (non-hydrogen) atoms. The number of fused-ring (bicyclic) bond motifs is 1. The Labute approximate surface area is 96.1 Å². The van der Waals surface area contributed by atoms with E-state index in [1.807, 2.05) is 0 Å². The summed E-state index contributed by atoms with van der Waals surface area (Å²) in [6, 6.07) is 4.79. The molecule has 0 aliphatic heterocycles. The number of nitrogens with zero attached hydrogens (tertiary/aromatic N) is 1. The van der Waals surface area contributed by atoms with Gasteiger partial charge in [-0.1, -0.05) is 6.58 Å². The van der Waals surface area contributed by atoms with Gasteiger partial charge in [-0.15, -0.1) is 0 Å². The molecule has 2 rings (SSSR count). The normalized spacial score (nSPS) is 10.1. The van der Waals surface area contributed by atoms with Gasteiger partial charge in [-0.05, 0) is 24.3 Å². The summed E-state index contributed by atoms with van der Waals surface area (Å²) in [5, 5.41) is 2.57. The number of nitrogens with two attached hydrogens (primary N) is 1. The molecule has 0 radical (unpaired) electrons. The van der Waals surface area contributed by atoms with Crippen molar-refractivity contribution in [1.82, 2.24) is 4.98 Å². The maximum absolute atomic E-state index is 11.1. The molecular weight excluding hydrogens is 222 g/mol. The number of primary amides is 1. The number of nitrogens with one attached hydrogen (secondary N) is 1. The fourth-order valence-electron chi connectivity index (χ4n) is 1.30. The minimum absolute atomic E-state index is 0.160. The predicted octanol–water partition coefficient (Wildman–Crippen LogP) is 1.05. The number of benzene rings is 1. The average molecular weight is 231 g/mol. The molecule has 0 unspecified atom stereocenters. The number of aromatic nitrogens is 1. The van der Waals surface area contributed by atoms with Gasteiger partial charge in [0.25, 0.3) is 5.89 Å². The quantitative estimate of drug-likeness (QED) is 0.771. The molecule has 0 spiro atoms. The summed E-state index contributed by atoms with van der Waals surface area (Å²) < 4.78 is 5.10. The van der Waals surface area contributed by atoms with Crippen LogP contribution < -0.4 is 11.1 Å². The van der Waals surface area contributed by atoms with E-state index in [9.17, 15) is 9.59 Å². The Morgan fingerprint density at radius 3 is 2.88 bits per heavy atom. The molecule has 0 bridgehead atoms. The summed E-state index contributed by atoms with van der Waals surface area (Å²) in [5.74, 6) is -1.23. The van der Waals surface area contributed by atoms with Gasteiger partial charge in [0, 0.05) is 5.69 Å². The smallest absolute Gasteiger partial charge is 0.304 e. The minimum Gasteiger partial charge on any atom is -0.432 e. The molecule has 6 nitrogen and oxygen atoms in total. The van der Waals surface area contributed by atoms with Crippen LogP contribution in [0.2, 0.25) is 0 Å². The van der Waals surface area contributed by atoms with Gasteiger partial charge in [-0.3, -0.25) is 9.59 Å². The third-order valence-corrected chi connectivity index (χ3v) is 2.05. The first-order chi connectivity index (χ1) is 8.10. The first-order valence-electron chi connectivity index (χ1n) is 4.74. The first-order valence-corrected chi connectivity index (χ1v) is 4.74. The maximum Gasteiger partial charge on any atom is 0.304 e. The van der Waals surface area contributed by atoms with Crippen LogP contribution in [0.1, 0.15) is 10.7 Å². The van der Waals surface area contributed by atoms with E-state index in [1.54, 1.807) is 18.2 Å². The van der Waals surface area contributed by atoms with E-state index in [2.05, 4.69) is 16.9 Å². The van der Waals surface area contributed by atoms with Crippen molar-refractivity contribution in [3.63, 3.8) is 0 Å². The van der Waals surface area contributed by atoms with Gasteiger partial charge in [0.15, 0.2) is 5.58 Å². The van der Waals surface area contributed by atoms with Crippen LogP contribution in [0.3, 0.4) is 0 Å². The van der Waals surface area contributed by atoms with Crippen molar-refractivity contribution >= 4 is 28.6 Å². The van der Waals surface area contributed by atoms with Crippen LogP contribution in [-0.2, 0) is 4.79 Å². The fourth-order valence-corrected chi connectivity index (χ4v) is 1.30. The molecule has 2 amide bonds. The second-order valence-corrected chi connectivity index (χ2v) is 3.26. The molecule has 2 aromatic rings. The average Bonchev–Trinajstić information content (AvgIpc) is 2.72. The summed E-state index contributed by atoms with van der Waals surface area (Å²) in [7, 11) is 0. The van der Waals surface area contributed by atoms with Crippen molar-refractivity contribution < 1.29 is 14.0 Å². The highest BCUT2D eigenvalue weighted by atomic mass is 16.4. The monoisotopic (exact) mass is 231 g/mol. The summed E-state index contributed by atoms with van der Waals surface area (Å²) >= 11 is 0. The lowest BCUT2D eigenvalue weighted by Gasteiger charge is -1.99. The van der Waals surface area contributed by atoms with Crippen LogP contribution >= 0.6 is 0 Å². The molecule has 0 aliphatic carbocycles. The van der Waals surface area contributed by atoms with Gasteiger partial charge < -0.3 is 15.5 Å². The Hall–Kier alpha value is -2.63. The molecule has 0 aliphatic rings. The minimum atomic E-state index is -0.738. The molecule has 86 valence electrons. The Bertz CT molecular complexity index is 615. The lowest BCUT2D eigenvalue weighted by Crippen LogP contribution is -2.10. The van der Waals surface area contributed by atoms with Crippen molar-refractivity contribution in [2.24, 2.45) is 5.73 Å². The summed E-state index contributed by atoms with van der Waals surface area (Å²) in [6.07, 6.45) is 1.15. The van der Waals surface area contributed by atoms with Crippen LogP contribution in [0.15, 0.2) is 35.3 Å². The van der Waals surface area contributed by atoms with E-state index in [4.69, 9.17) is 10.2 Å². The van der Waals surface area contributed by atoms with Crippen LogP contribution in [0.25, 0.3) is 11.1 Å². The zero-order valence-electron chi connectivity index (χ0n) is 8.77. The van der Waals surface area contributed by atoms with Gasteiger partial charge >= 0.3 is 5.91 Å². The Morgan fingerprint density at radius 2 is 2.24 bits per heavy atom. The highest BCUT2D eigenvalue weighted by Gasteiger charge is 2.11. The highest BCUT2D eigenvalue weighted by molar-refractivity contribution is 6.00. The van der Waals surface area contributed by atoms with Crippen LogP contribution in [-0.4, -0.2) is 16.8 Å². The molecule has 0 saturated heterocycles. The lowest BCUT2D eigenvalue weighted by molar-refractivity contribution is -0.111. The van der Waals surface area contributed by atoms with E-state index >= 15 is 0 Å². The van der Waals surface area contributed by atoms with Gasteiger partial charge in [0.05, 0.1) is 0 Å². The van der Waals surface area contributed by atoms with Crippen LogP contribution in [0, 0.1) is 0 Å². The van der Waals surface area contributed by atoms with Crippen molar-refractivity contribution in [3.8, 4) is 0 Å².